The molecule has 1 heterocycles. The molecule has 1 aromatic heterocycles. The van der Waals surface area contributed by atoms with Crippen molar-refractivity contribution in [1.29, 1.82) is 0 Å². The lowest BCUT2D eigenvalue weighted by molar-refractivity contribution is 0.580. The predicted molar refractivity (Wildman–Crippen MR) is 103 cm³/mol. The molecule has 3 rings (SSSR count). The topological polar surface area (TPSA) is 78.0 Å². The molecule has 25 heavy (non-hydrogen) atoms. The molecule has 0 spiro atoms. The summed E-state index contributed by atoms with van der Waals surface area (Å²) in [5, 5.41) is -0.592. The number of nitrogens with zero attached hydrogens (tertiary/aromatic N) is 2. The van der Waals surface area contributed by atoms with E-state index in [2.05, 4.69) is 4.98 Å². The Morgan fingerprint density at radius 2 is 1.80 bits per heavy atom. The van der Waals surface area contributed by atoms with Crippen LogP contribution in [0.3, 0.4) is 0 Å². The Kier molecular flexibility index (Phi) is 4.39. The number of fused-ring (bicyclic) bond motifs is 1. The van der Waals surface area contributed by atoms with E-state index in [0.29, 0.717) is 11.0 Å². The summed E-state index contributed by atoms with van der Waals surface area (Å²) >= 11 is 0. The number of benzene rings is 2. The normalized spacial score (nSPS) is 12.9. The molecule has 2 aromatic carbocycles. The van der Waals surface area contributed by atoms with E-state index in [1.165, 1.54) is 0 Å². The van der Waals surface area contributed by atoms with Crippen LogP contribution in [-0.4, -0.2) is 22.6 Å². The van der Waals surface area contributed by atoms with Gasteiger partial charge in [-0.1, -0.05) is 42.5 Å². The van der Waals surface area contributed by atoms with E-state index in [-0.39, 0.29) is 5.95 Å². The smallest absolute Gasteiger partial charge is 0.244 e. The van der Waals surface area contributed by atoms with Crippen LogP contribution in [0.5, 0.6) is 0 Å². The van der Waals surface area contributed by atoms with Crippen molar-refractivity contribution in [2.75, 3.05) is 5.73 Å². The maximum atomic E-state index is 12.7. The maximum Gasteiger partial charge on any atom is 0.244 e. The van der Waals surface area contributed by atoms with Crippen molar-refractivity contribution in [3.05, 3.63) is 65.7 Å². The largest absolute Gasteiger partial charge is 0.368 e. The molecule has 0 fully saturated rings. The molecular weight excluding hydrogens is 334 g/mol. The zero-order chi connectivity index (χ0) is 18.2. The van der Waals surface area contributed by atoms with Crippen LogP contribution in [0, 0.1) is 0 Å². The Morgan fingerprint density at radius 3 is 2.40 bits per heavy atom. The highest BCUT2D eigenvalue weighted by molar-refractivity contribution is 7.90. The number of hydrogen-bond donors (Lipinski definition) is 1. The minimum Gasteiger partial charge on any atom is -0.368 e. The fourth-order valence-corrected chi connectivity index (χ4v) is 3.98. The first-order valence-corrected chi connectivity index (χ1v) is 9.61. The van der Waals surface area contributed by atoms with E-state index in [1.807, 2.05) is 55.5 Å². The van der Waals surface area contributed by atoms with E-state index in [9.17, 15) is 8.42 Å². The van der Waals surface area contributed by atoms with Crippen LogP contribution < -0.4 is 5.73 Å². The predicted octanol–water partition coefficient (Wildman–Crippen LogP) is 3.66. The zero-order valence-corrected chi connectivity index (χ0v) is 15.3. The van der Waals surface area contributed by atoms with Crippen LogP contribution >= 0.6 is 0 Å². The summed E-state index contributed by atoms with van der Waals surface area (Å²) in [6.45, 7) is 5.22. The standard InChI is InChI=1S/C19H21N3O2S/c1-4-16(14-8-6-5-7-9-14)15-10-11-17-18(12-15)22(19(20)21-17)25(23,24)13(2)3/h4-13H,1-3H3,(H2,20,21)/b16-4+. The molecule has 0 aliphatic carbocycles. The average Bonchev–Trinajstić information content (AvgIpc) is 2.92. The van der Waals surface area contributed by atoms with Crippen LogP contribution in [-0.2, 0) is 10.0 Å². The van der Waals surface area contributed by atoms with Crippen LogP contribution in [0.2, 0.25) is 0 Å². The summed E-state index contributed by atoms with van der Waals surface area (Å²) in [7, 11) is -3.59. The lowest BCUT2D eigenvalue weighted by Gasteiger charge is -2.12. The highest BCUT2D eigenvalue weighted by Gasteiger charge is 2.24. The summed E-state index contributed by atoms with van der Waals surface area (Å²) < 4.78 is 26.5. The van der Waals surface area contributed by atoms with Gasteiger partial charge in [-0.25, -0.2) is 17.4 Å². The van der Waals surface area contributed by atoms with E-state index in [1.54, 1.807) is 19.9 Å². The Bertz CT molecular complexity index is 1050. The quantitative estimate of drug-likeness (QED) is 0.775. The summed E-state index contributed by atoms with van der Waals surface area (Å²) in [4.78, 5) is 4.20. The van der Waals surface area contributed by atoms with Gasteiger partial charge in [-0.2, -0.15) is 0 Å². The van der Waals surface area contributed by atoms with Gasteiger partial charge in [-0.15, -0.1) is 0 Å². The second-order valence-corrected chi connectivity index (χ2v) is 8.44. The lowest BCUT2D eigenvalue weighted by Crippen LogP contribution is -2.23. The summed E-state index contributed by atoms with van der Waals surface area (Å²) in [6.07, 6.45) is 2.01. The first-order chi connectivity index (χ1) is 11.9. The summed E-state index contributed by atoms with van der Waals surface area (Å²) in [5.41, 5.74) is 9.97. The van der Waals surface area contributed by atoms with Gasteiger partial charge < -0.3 is 5.73 Å². The number of nitrogen functional groups attached to an aromatic ring is 1. The van der Waals surface area contributed by atoms with Gasteiger partial charge in [-0.3, -0.25) is 0 Å². The van der Waals surface area contributed by atoms with E-state index in [4.69, 9.17) is 5.73 Å². The van der Waals surface area contributed by atoms with Gasteiger partial charge in [0, 0.05) is 0 Å². The molecule has 0 radical (unpaired) electrons. The first kappa shape index (κ1) is 17.2. The SMILES string of the molecule is C/C=C(\c1ccccc1)c1ccc2nc(N)n(S(=O)(=O)C(C)C)c2c1. The molecule has 0 aliphatic heterocycles. The zero-order valence-electron chi connectivity index (χ0n) is 14.5. The molecule has 0 bridgehead atoms. The van der Waals surface area contributed by atoms with Crippen molar-refractivity contribution in [2.45, 2.75) is 26.0 Å². The Balaban J connectivity index is 2.24. The fourth-order valence-electron chi connectivity index (χ4n) is 2.84. The Labute approximate surface area is 147 Å². The van der Waals surface area contributed by atoms with Crippen molar-refractivity contribution in [2.24, 2.45) is 0 Å². The molecule has 130 valence electrons. The van der Waals surface area contributed by atoms with Crippen molar-refractivity contribution >= 4 is 32.6 Å². The van der Waals surface area contributed by atoms with Gasteiger partial charge in [0.25, 0.3) is 0 Å². The van der Waals surface area contributed by atoms with Gasteiger partial charge >= 0.3 is 0 Å². The van der Waals surface area contributed by atoms with Gasteiger partial charge in [0.05, 0.1) is 16.3 Å². The van der Waals surface area contributed by atoms with E-state index < -0.39 is 15.3 Å². The molecule has 2 N–H and O–H groups in total. The molecule has 0 saturated heterocycles. The maximum absolute atomic E-state index is 12.7. The van der Waals surface area contributed by atoms with Crippen molar-refractivity contribution in [3.8, 4) is 0 Å². The lowest BCUT2D eigenvalue weighted by atomic mass is 9.97. The number of hydrogen-bond acceptors (Lipinski definition) is 4. The second kappa shape index (κ2) is 6.37. The monoisotopic (exact) mass is 355 g/mol. The molecule has 5 nitrogen and oxygen atoms in total. The van der Waals surface area contributed by atoms with E-state index in [0.717, 1.165) is 20.7 Å². The van der Waals surface area contributed by atoms with Crippen molar-refractivity contribution in [3.63, 3.8) is 0 Å². The molecule has 0 aliphatic rings. The molecule has 0 saturated carbocycles. The van der Waals surface area contributed by atoms with Gasteiger partial charge in [0.2, 0.25) is 16.0 Å². The third-order valence-corrected chi connectivity index (χ3v) is 6.26. The number of imidazole rings is 1. The summed E-state index contributed by atoms with van der Waals surface area (Å²) in [6, 6.07) is 15.5. The van der Waals surface area contributed by atoms with Crippen LogP contribution in [0.4, 0.5) is 5.95 Å². The first-order valence-electron chi connectivity index (χ1n) is 8.10. The molecule has 0 unspecified atom stereocenters. The minimum absolute atomic E-state index is 0.0115. The summed E-state index contributed by atoms with van der Waals surface area (Å²) in [5.74, 6) is -0.0115. The van der Waals surface area contributed by atoms with Gasteiger partial charge in [0.15, 0.2) is 0 Å². The van der Waals surface area contributed by atoms with Crippen LogP contribution in [0.15, 0.2) is 54.6 Å². The highest BCUT2D eigenvalue weighted by atomic mass is 32.2. The Morgan fingerprint density at radius 1 is 1.12 bits per heavy atom. The van der Waals surface area contributed by atoms with Gasteiger partial charge in [-0.05, 0) is 49.6 Å². The number of aromatic nitrogens is 2. The Hall–Kier alpha value is -2.60. The van der Waals surface area contributed by atoms with Crippen molar-refractivity contribution < 1.29 is 8.42 Å². The number of rotatable bonds is 4. The number of anilines is 1. The van der Waals surface area contributed by atoms with Crippen molar-refractivity contribution in [1.82, 2.24) is 8.96 Å². The minimum atomic E-state index is -3.59. The molecule has 0 amide bonds. The molecule has 3 aromatic rings. The average molecular weight is 355 g/mol. The molecular formula is C19H21N3O2S. The third kappa shape index (κ3) is 2.93. The van der Waals surface area contributed by atoms with Gasteiger partial charge in [0.1, 0.15) is 0 Å². The molecule has 6 heteroatoms. The number of allylic oxidation sites excluding steroid dienone is 1. The van der Waals surface area contributed by atoms with E-state index >= 15 is 0 Å². The van der Waals surface area contributed by atoms with Crippen LogP contribution in [0.25, 0.3) is 16.6 Å². The highest BCUT2D eigenvalue weighted by Crippen LogP contribution is 2.29. The number of nitrogens with two attached hydrogens (primary N) is 1. The second-order valence-electron chi connectivity index (χ2n) is 6.10. The fraction of sp³-hybridized carbons (Fsp3) is 0.211. The van der Waals surface area contributed by atoms with Crippen LogP contribution in [0.1, 0.15) is 31.9 Å². The third-order valence-electron chi connectivity index (χ3n) is 4.17. The molecule has 0 atom stereocenters.